The lowest BCUT2D eigenvalue weighted by atomic mass is 10.00. The van der Waals surface area contributed by atoms with E-state index in [1.54, 1.807) is 30.2 Å². The van der Waals surface area contributed by atoms with Crippen LogP contribution in [0.2, 0.25) is 0 Å². The van der Waals surface area contributed by atoms with Crippen LogP contribution in [0.1, 0.15) is 21.6 Å². The number of carbonyl (C=O) groups is 1. The van der Waals surface area contributed by atoms with Crippen molar-refractivity contribution in [3.05, 3.63) is 75.6 Å². The van der Waals surface area contributed by atoms with Crippen molar-refractivity contribution in [1.29, 1.82) is 0 Å². The fourth-order valence-electron chi connectivity index (χ4n) is 3.69. The second kappa shape index (κ2) is 8.51. The topological polar surface area (TPSA) is 82.9 Å². The first-order valence-corrected chi connectivity index (χ1v) is 9.82. The van der Waals surface area contributed by atoms with Gasteiger partial charge >= 0.3 is 0 Å². The molecule has 0 saturated heterocycles. The van der Waals surface area contributed by atoms with Crippen molar-refractivity contribution < 1.29 is 19.0 Å². The summed E-state index contributed by atoms with van der Waals surface area (Å²) < 4.78 is 17.4. The SMILES string of the molecule is COc1ccc(-n2nc(C(=O)N3CCc4ccccc4C3)c(=O)cc2OC)cc1OC. The zero-order valence-corrected chi connectivity index (χ0v) is 17.6. The molecule has 8 heteroatoms. The molecule has 1 aliphatic rings. The zero-order chi connectivity index (χ0) is 22.0. The number of hydrogen-bond acceptors (Lipinski definition) is 6. The van der Waals surface area contributed by atoms with Crippen LogP contribution in [-0.4, -0.2) is 48.5 Å². The first-order valence-electron chi connectivity index (χ1n) is 9.82. The Morgan fingerprint density at radius 2 is 1.68 bits per heavy atom. The van der Waals surface area contributed by atoms with E-state index in [9.17, 15) is 9.59 Å². The summed E-state index contributed by atoms with van der Waals surface area (Å²) in [7, 11) is 4.51. The number of amides is 1. The Labute approximate surface area is 179 Å². The number of aromatic nitrogens is 2. The first kappa shape index (κ1) is 20.5. The van der Waals surface area contributed by atoms with Gasteiger partial charge in [-0.3, -0.25) is 9.59 Å². The number of nitrogens with zero attached hydrogens (tertiary/aromatic N) is 3. The normalized spacial score (nSPS) is 12.8. The lowest BCUT2D eigenvalue weighted by molar-refractivity contribution is 0.0725. The van der Waals surface area contributed by atoms with Crippen molar-refractivity contribution in [3.63, 3.8) is 0 Å². The molecule has 0 saturated carbocycles. The molecule has 2 aromatic carbocycles. The van der Waals surface area contributed by atoms with Gasteiger partial charge < -0.3 is 19.1 Å². The van der Waals surface area contributed by atoms with Gasteiger partial charge in [0.15, 0.2) is 17.2 Å². The van der Waals surface area contributed by atoms with E-state index in [0.717, 1.165) is 12.0 Å². The third kappa shape index (κ3) is 3.84. The number of fused-ring (bicyclic) bond motifs is 1. The third-order valence-electron chi connectivity index (χ3n) is 5.34. The number of methoxy groups -OCH3 is 3. The van der Waals surface area contributed by atoms with Crippen molar-refractivity contribution in [1.82, 2.24) is 14.7 Å². The van der Waals surface area contributed by atoms with Gasteiger partial charge in [0.25, 0.3) is 5.91 Å². The molecular weight excluding hydrogens is 398 g/mol. The molecule has 1 aromatic heterocycles. The van der Waals surface area contributed by atoms with Gasteiger partial charge in [-0.2, -0.15) is 9.78 Å². The van der Waals surface area contributed by atoms with E-state index in [1.165, 1.54) is 30.5 Å². The third-order valence-corrected chi connectivity index (χ3v) is 5.34. The highest BCUT2D eigenvalue weighted by Crippen LogP contribution is 2.30. The molecule has 1 aliphatic heterocycles. The van der Waals surface area contributed by atoms with E-state index in [-0.39, 0.29) is 11.6 Å². The monoisotopic (exact) mass is 421 g/mol. The van der Waals surface area contributed by atoms with Gasteiger partial charge in [0.2, 0.25) is 11.3 Å². The molecule has 8 nitrogen and oxygen atoms in total. The highest BCUT2D eigenvalue weighted by molar-refractivity contribution is 5.92. The number of ether oxygens (including phenoxy) is 3. The molecule has 2 heterocycles. The van der Waals surface area contributed by atoms with E-state index in [2.05, 4.69) is 11.2 Å². The Bertz CT molecular complexity index is 1190. The summed E-state index contributed by atoms with van der Waals surface area (Å²) in [5.74, 6) is 0.840. The number of rotatable bonds is 5. The van der Waals surface area contributed by atoms with E-state index < -0.39 is 11.3 Å². The smallest absolute Gasteiger partial charge is 0.278 e. The number of hydrogen-bond donors (Lipinski definition) is 0. The molecular formula is C23H23N3O5. The molecule has 1 amide bonds. The quantitative estimate of drug-likeness (QED) is 0.629. The summed E-state index contributed by atoms with van der Waals surface area (Å²) in [6, 6.07) is 14.4. The molecule has 0 unspecified atom stereocenters. The molecule has 4 rings (SSSR count). The summed E-state index contributed by atoms with van der Waals surface area (Å²) in [5, 5.41) is 4.37. The summed E-state index contributed by atoms with van der Waals surface area (Å²) in [6.45, 7) is 0.970. The molecule has 0 atom stereocenters. The standard InChI is InChI=1S/C23H23N3O5/c1-29-19-9-8-17(12-20(19)30-2)26-21(31-3)13-18(27)22(24-26)23(28)25-11-10-15-6-4-5-7-16(15)14-25/h4-9,12-13H,10-11,14H2,1-3H3. The van der Waals surface area contributed by atoms with Crippen LogP contribution in [0.15, 0.2) is 53.3 Å². The molecule has 3 aromatic rings. The predicted octanol–water partition coefficient (Wildman–Crippen LogP) is 2.46. The van der Waals surface area contributed by atoms with Crippen molar-refractivity contribution in [2.24, 2.45) is 0 Å². The Kier molecular flexibility index (Phi) is 5.62. The van der Waals surface area contributed by atoms with Crippen LogP contribution in [0, 0.1) is 0 Å². The molecule has 160 valence electrons. The van der Waals surface area contributed by atoms with Gasteiger partial charge in [0, 0.05) is 19.2 Å². The lowest BCUT2D eigenvalue weighted by Gasteiger charge is -2.28. The minimum atomic E-state index is -0.488. The second-order valence-electron chi connectivity index (χ2n) is 7.10. The van der Waals surface area contributed by atoms with E-state index >= 15 is 0 Å². The lowest BCUT2D eigenvalue weighted by Crippen LogP contribution is -2.39. The number of benzene rings is 2. The maximum Gasteiger partial charge on any atom is 0.278 e. The van der Waals surface area contributed by atoms with E-state index in [0.29, 0.717) is 30.3 Å². The summed E-state index contributed by atoms with van der Waals surface area (Å²) >= 11 is 0. The Balaban J connectivity index is 1.73. The summed E-state index contributed by atoms with van der Waals surface area (Å²) in [6.07, 6.45) is 0.738. The van der Waals surface area contributed by atoms with Crippen LogP contribution in [-0.2, 0) is 13.0 Å². The Morgan fingerprint density at radius 3 is 2.39 bits per heavy atom. The van der Waals surface area contributed by atoms with Crippen LogP contribution in [0.25, 0.3) is 5.69 Å². The molecule has 0 N–H and O–H groups in total. The van der Waals surface area contributed by atoms with Gasteiger partial charge in [0.05, 0.1) is 33.1 Å². The molecule has 31 heavy (non-hydrogen) atoms. The zero-order valence-electron chi connectivity index (χ0n) is 17.6. The maximum absolute atomic E-state index is 13.2. The van der Waals surface area contributed by atoms with Crippen LogP contribution in [0.5, 0.6) is 17.4 Å². The van der Waals surface area contributed by atoms with Crippen LogP contribution in [0.3, 0.4) is 0 Å². The molecule has 0 spiro atoms. The maximum atomic E-state index is 13.2. The van der Waals surface area contributed by atoms with Gasteiger partial charge in [-0.15, -0.1) is 0 Å². The van der Waals surface area contributed by atoms with Crippen LogP contribution >= 0.6 is 0 Å². The summed E-state index contributed by atoms with van der Waals surface area (Å²) in [4.78, 5) is 27.5. The predicted molar refractivity (Wildman–Crippen MR) is 114 cm³/mol. The van der Waals surface area contributed by atoms with Crippen LogP contribution < -0.4 is 19.6 Å². The molecule has 0 aliphatic carbocycles. The molecule has 0 fully saturated rings. The first-order chi connectivity index (χ1) is 15.0. The second-order valence-corrected chi connectivity index (χ2v) is 7.10. The minimum absolute atomic E-state index is 0.157. The number of carbonyl (C=O) groups excluding carboxylic acids is 1. The average molecular weight is 421 g/mol. The van der Waals surface area contributed by atoms with E-state index in [4.69, 9.17) is 14.2 Å². The highest BCUT2D eigenvalue weighted by atomic mass is 16.5. The fourth-order valence-corrected chi connectivity index (χ4v) is 3.69. The Hall–Kier alpha value is -3.81. The molecule has 0 radical (unpaired) electrons. The fraction of sp³-hybridized carbons (Fsp3) is 0.261. The summed E-state index contributed by atoms with van der Waals surface area (Å²) in [5.41, 5.74) is 2.22. The van der Waals surface area contributed by atoms with Gasteiger partial charge in [-0.1, -0.05) is 24.3 Å². The highest BCUT2D eigenvalue weighted by Gasteiger charge is 2.26. The van der Waals surface area contributed by atoms with Gasteiger partial charge in [0.1, 0.15) is 0 Å². The Morgan fingerprint density at radius 1 is 0.935 bits per heavy atom. The van der Waals surface area contributed by atoms with Crippen molar-refractivity contribution in [2.75, 3.05) is 27.9 Å². The van der Waals surface area contributed by atoms with Crippen molar-refractivity contribution >= 4 is 5.91 Å². The molecule has 0 bridgehead atoms. The van der Waals surface area contributed by atoms with Crippen molar-refractivity contribution in [2.45, 2.75) is 13.0 Å². The van der Waals surface area contributed by atoms with Crippen molar-refractivity contribution in [3.8, 4) is 23.1 Å². The van der Waals surface area contributed by atoms with Crippen LogP contribution in [0.4, 0.5) is 0 Å². The average Bonchev–Trinajstić information content (AvgIpc) is 2.82. The van der Waals surface area contributed by atoms with E-state index in [1.807, 2.05) is 18.2 Å². The largest absolute Gasteiger partial charge is 0.493 e. The minimum Gasteiger partial charge on any atom is -0.493 e. The van der Waals surface area contributed by atoms with Gasteiger partial charge in [-0.25, -0.2) is 0 Å². The van der Waals surface area contributed by atoms with Gasteiger partial charge in [-0.05, 0) is 29.7 Å².